The summed E-state index contributed by atoms with van der Waals surface area (Å²) in [6, 6.07) is 8.08. The Bertz CT molecular complexity index is 779. The minimum absolute atomic E-state index is 0.136. The van der Waals surface area contributed by atoms with E-state index in [2.05, 4.69) is 37.6 Å². The fourth-order valence-corrected chi connectivity index (χ4v) is 3.49. The number of hydrogen-bond acceptors (Lipinski definition) is 4. The first-order chi connectivity index (χ1) is 12.7. The van der Waals surface area contributed by atoms with Crippen molar-refractivity contribution in [2.24, 2.45) is 5.41 Å². The van der Waals surface area contributed by atoms with Gasteiger partial charge in [-0.25, -0.2) is 4.98 Å². The fourth-order valence-electron chi connectivity index (χ4n) is 3.49. The molecule has 27 heavy (non-hydrogen) atoms. The molecule has 5 nitrogen and oxygen atoms in total. The molecule has 3 rings (SSSR count). The molecule has 1 amide bonds. The van der Waals surface area contributed by atoms with Gasteiger partial charge in [-0.2, -0.15) is 0 Å². The Balaban J connectivity index is 1.59. The van der Waals surface area contributed by atoms with Crippen LogP contribution >= 0.6 is 0 Å². The standard InChI is InChI=1S/C22H31N3O2/c1-16-6-8-18(9-7-16)21-23-19(17(2)27-21)14-20(26)25-12-10-24(11-13-25)15-22(3,4)5/h6-9H,10-15H2,1-5H3. The first-order valence-corrected chi connectivity index (χ1v) is 9.75. The molecule has 0 bridgehead atoms. The fraction of sp³-hybridized carbons (Fsp3) is 0.545. The first-order valence-electron chi connectivity index (χ1n) is 9.75. The van der Waals surface area contributed by atoms with Gasteiger partial charge in [0.2, 0.25) is 11.8 Å². The van der Waals surface area contributed by atoms with Gasteiger partial charge < -0.3 is 9.32 Å². The summed E-state index contributed by atoms with van der Waals surface area (Å²) >= 11 is 0. The monoisotopic (exact) mass is 369 g/mol. The normalized spacial score (nSPS) is 16.0. The number of amides is 1. The number of carbonyl (C=O) groups excluding carboxylic acids is 1. The average Bonchev–Trinajstić information content (AvgIpc) is 2.95. The summed E-state index contributed by atoms with van der Waals surface area (Å²) in [5.74, 6) is 1.45. The molecule has 1 aliphatic heterocycles. The van der Waals surface area contributed by atoms with Crippen molar-refractivity contribution in [2.45, 2.75) is 41.0 Å². The lowest BCUT2D eigenvalue weighted by Crippen LogP contribution is -2.50. The van der Waals surface area contributed by atoms with E-state index in [1.165, 1.54) is 5.56 Å². The van der Waals surface area contributed by atoms with E-state index in [9.17, 15) is 4.79 Å². The maximum absolute atomic E-state index is 12.7. The Kier molecular flexibility index (Phi) is 5.70. The van der Waals surface area contributed by atoms with Gasteiger partial charge in [-0.3, -0.25) is 9.69 Å². The van der Waals surface area contributed by atoms with Crippen LogP contribution in [0.1, 0.15) is 37.8 Å². The Hall–Kier alpha value is -2.14. The lowest BCUT2D eigenvalue weighted by molar-refractivity contribution is -0.132. The number of aryl methyl sites for hydroxylation is 2. The zero-order chi connectivity index (χ0) is 19.6. The molecule has 0 radical (unpaired) electrons. The predicted molar refractivity (Wildman–Crippen MR) is 108 cm³/mol. The van der Waals surface area contributed by atoms with Crippen molar-refractivity contribution in [1.82, 2.24) is 14.8 Å². The number of hydrogen-bond donors (Lipinski definition) is 0. The van der Waals surface area contributed by atoms with Crippen LogP contribution in [0.2, 0.25) is 0 Å². The van der Waals surface area contributed by atoms with Crippen LogP contribution in [0.5, 0.6) is 0 Å². The van der Waals surface area contributed by atoms with Crippen molar-refractivity contribution in [3.05, 3.63) is 41.3 Å². The summed E-state index contributed by atoms with van der Waals surface area (Å²) in [5, 5.41) is 0. The molecule has 0 unspecified atom stereocenters. The quantitative estimate of drug-likeness (QED) is 0.825. The van der Waals surface area contributed by atoms with Crippen molar-refractivity contribution in [1.29, 1.82) is 0 Å². The predicted octanol–water partition coefficient (Wildman–Crippen LogP) is 3.69. The molecule has 0 aliphatic carbocycles. The molecule has 1 saturated heterocycles. The Morgan fingerprint density at radius 1 is 1.07 bits per heavy atom. The zero-order valence-corrected chi connectivity index (χ0v) is 17.2. The summed E-state index contributed by atoms with van der Waals surface area (Å²) in [6.07, 6.45) is 0.306. The van der Waals surface area contributed by atoms with Crippen molar-refractivity contribution < 1.29 is 9.21 Å². The van der Waals surface area contributed by atoms with Crippen LogP contribution in [0.3, 0.4) is 0 Å². The van der Waals surface area contributed by atoms with Crippen molar-refractivity contribution >= 4 is 5.91 Å². The first kappa shape index (κ1) is 19.6. The van der Waals surface area contributed by atoms with E-state index >= 15 is 0 Å². The van der Waals surface area contributed by atoms with Crippen LogP contribution in [-0.2, 0) is 11.2 Å². The molecule has 2 aromatic rings. The van der Waals surface area contributed by atoms with Crippen LogP contribution in [0.15, 0.2) is 28.7 Å². The smallest absolute Gasteiger partial charge is 0.228 e. The van der Waals surface area contributed by atoms with Crippen molar-refractivity contribution in [3.63, 3.8) is 0 Å². The Morgan fingerprint density at radius 2 is 1.70 bits per heavy atom. The maximum Gasteiger partial charge on any atom is 0.228 e. The molecule has 0 atom stereocenters. The second-order valence-electron chi connectivity index (χ2n) is 8.78. The summed E-state index contributed by atoms with van der Waals surface area (Å²) in [7, 11) is 0. The highest BCUT2D eigenvalue weighted by atomic mass is 16.4. The van der Waals surface area contributed by atoms with Crippen LogP contribution in [0.25, 0.3) is 11.5 Å². The van der Waals surface area contributed by atoms with E-state index < -0.39 is 0 Å². The van der Waals surface area contributed by atoms with E-state index in [1.807, 2.05) is 36.1 Å². The number of oxazole rings is 1. The van der Waals surface area contributed by atoms with Crippen LogP contribution in [0, 0.1) is 19.3 Å². The van der Waals surface area contributed by atoms with Crippen LogP contribution < -0.4 is 0 Å². The summed E-state index contributed by atoms with van der Waals surface area (Å²) < 4.78 is 5.81. The van der Waals surface area contributed by atoms with E-state index in [0.717, 1.165) is 49.7 Å². The van der Waals surface area contributed by atoms with E-state index in [-0.39, 0.29) is 11.3 Å². The molecule has 5 heteroatoms. The number of nitrogens with zero attached hydrogens (tertiary/aromatic N) is 3. The highest BCUT2D eigenvalue weighted by Gasteiger charge is 2.25. The third-order valence-electron chi connectivity index (χ3n) is 4.93. The van der Waals surface area contributed by atoms with Gasteiger partial charge in [-0.05, 0) is 31.4 Å². The molecule has 1 fully saturated rings. The van der Waals surface area contributed by atoms with Gasteiger partial charge in [0.05, 0.1) is 12.1 Å². The van der Waals surface area contributed by atoms with Gasteiger partial charge in [0.15, 0.2) is 0 Å². The molecule has 0 N–H and O–H groups in total. The summed E-state index contributed by atoms with van der Waals surface area (Å²) in [5.41, 5.74) is 3.17. The number of carbonyl (C=O) groups is 1. The Morgan fingerprint density at radius 3 is 2.30 bits per heavy atom. The minimum atomic E-state index is 0.136. The molecule has 2 heterocycles. The average molecular weight is 370 g/mol. The van der Waals surface area contributed by atoms with Gasteiger partial charge >= 0.3 is 0 Å². The maximum atomic E-state index is 12.7. The topological polar surface area (TPSA) is 49.6 Å². The molecular formula is C22H31N3O2. The van der Waals surface area contributed by atoms with E-state index in [1.54, 1.807) is 0 Å². The molecule has 1 aromatic heterocycles. The highest BCUT2D eigenvalue weighted by Crippen LogP contribution is 2.23. The molecule has 0 saturated carbocycles. The summed E-state index contributed by atoms with van der Waals surface area (Å²) in [6.45, 7) is 15.2. The van der Waals surface area contributed by atoms with Gasteiger partial charge in [-0.1, -0.05) is 38.5 Å². The second kappa shape index (κ2) is 7.85. The van der Waals surface area contributed by atoms with Crippen LogP contribution in [0.4, 0.5) is 0 Å². The Labute approximate surface area is 162 Å². The number of aromatic nitrogens is 1. The van der Waals surface area contributed by atoms with Gasteiger partial charge in [0, 0.05) is 38.3 Å². The van der Waals surface area contributed by atoms with Gasteiger partial charge in [-0.15, -0.1) is 0 Å². The third kappa shape index (κ3) is 5.19. The van der Waals surface area contributed by atoms with Crippen LogP contribution in [-0.4, -0.2) is 53.4 Å². The highest BCUT2D eigenvalue weighted by molar-refractivity contribution is 5.78. The molecular weight excluding hydrogens is 338 g/mol. The largest absolute Gasteiger partial charge is 0.441 e. The molecule has 1 aliphatic rings. The van der Waals surface area contributed by atoms with Gasteiger partial charge in [0.1, 0.15) is 5.76 Å². The van der Waals surface area contributed by atoms with Gasteiger partial charge in [0.25, 0.3) is 0 Å². The zero-order valence-electron chi connectivity index (χ0n) is 17.2. The van der Waals surface area contributed by atoms with Crippen molar-refractivity contribution in [3.8, 4) is 11.5 Å². The lowest BCUT2D eigenvalue weighted by atomic mass is 9.96. The number of piperazine rings is 1. The van der Waals surface area contributed by atoms with Crippen molar-refractivity contribution in [2.75, 3.05) is 32.7 Å². The minimum Gasteiger partial charge on any atom is -0.441 e. The molecule has 146 valence electrons. The van der Waals surface area contributed by atoms with E-state index in [4.69, 9.17) is 4.42 Å². The third-order valence-corrected chi connectivity index (χ3v) is 4.93. The van der Waals surface area contributed by atoms with E-state index in [0.29, 0.717) is 12.3 Å². The molecule has 0 spiro atoms. The second-order valence-corrected chi connectivity index (χ2v) is 8.78. The molecule has 1 aromatic carbocycles. The SMILES string of the molecule is Cc1ccc(-c2nc(CC(=O)N3CCN(CC(C)(C)C)CC3)c(C)o2)cc1. The number of benzene rings is 1. The lowest BCUT2D eigenvalue weighted by Gasteiger charge is -2.37. The summed E-state index contributed by atoms with van der Waals surface area (Å²) in [4.78, 5) is 21.7. The number of rotatable bonds is 4.